The highest BCUT2D eigenvalue weighted by molar-refractivity contribution is 5.86. The van der Waals surface area contributed by atoms with Crippen molar-refractivity contribution in [3.63, 3.8) is 0 Å². The summed E-state index contributed by atoms with van der Waals surface area (Å²) in [6.07, 6.45) is -0.935. The lowest BCUT2D eigenvalue weighted by molar-refractivity contribution is -0.284. The first-order valence-corrected chi connectivity index (χ1v) is 11.8. The fraction of sp³-hybridized carbons (Fsp3) is 0.917. The Morgan fingerprint density at radius 3 is 2.42 bits per heavy atom. The minimum absolute atomic E-state index is 0.0392. The van der Waals surface area contributed by atoms with Crippen LogP contribution in [0.4, 0.5) is 0 Å². The van der Waals surface area contributed by atoms with Crippen LogP contribution in [-0.4, -0.2) is 83.3 Å². The average Bonchev–Trinajstić information content (AvgIpc) is 3.12. The molecule has 0 unspecified atom stereocenters. The minimum atomic E-state index is -0.837. The first-order chi connectivity index (χ1) is 15.7. The molecule has 0 aromatic carbocycles. The summed E-state index contributed by atoms with van der Waals surface area (Å²) >= 11 is 0. The van der Waals surface area contributed by atoms with E-state index < -0.39 is 40.7 Å². The Morgan fingerprint density at radius 1 is 1.06 bits per heavy atom. The normalized spacial score (nSPS) is 52.4. The summed E-state index contributed by atoms with van der Waals surface area (Å²) in [6, 6.07) is 0. The number of esters is 1. The minimum Gasteiger partial charge on any atom is -0.456 e. The van der Waals surface area contributed by atoms with Crippen LogP contribution >= 0.6 is 0 Å². The smallest absolute Gasteiger partial charge is 0.313 e. The molecule has 3 aliphatic carbocycles. The van der Waals surface area contributed by atoms with Gasteiger partial charge in [0.25, 0.3) is 0 Å². The topological polar surface area (TPSA) is 98.8 Å². The quantitative estimate of drug-likeness (QED) is 0.407. The highest BCUT2D eigenvalue weighted by Crippen LogP contribution is 2.73. The summed E-state index contributed by atoms with van der Waals surface area (Å²) < 4.78 is 41.5. The molecule has 0 aromatic heterocycles. The summed E-state index contributed by atoms with van der Waals surface area (Å²) in [5, 5.41) is 0. The third kappa shape index (κ3) is 2.81. The molecule has 0 aromatic rings. The predicted molar refractivity (Wildman–Crippen MR) is 113 cm³/mol. The van der Waals surface area contributed by atoms with Crippen molar-refractivity contribution in [3.8, 4) is 0 Å². The Bertz CT molecular complexity index is 818. The van der Waals surface area contributed by atoms with Gasteiger partial charge in [-0.25, -0.2) is 0 Å². The Labute approximate surface area is 194 Å². The van der Waals surface area contributed by atoms with Gasteiger partial charge in [0.05, 0.1) is 18.6 Å². The predicted octanol–water partition coefficient (Wildman–Crippen LogP) is 1.56. The summed E-state index contributed by atoms with van der Waals surface area (Å²) in [6.45, 7) is 6.66. The highest BCUT2D eigenvalue weighted by atomic mass is 16.7. The number of hydrogen-bond acceptors (Lipinski definition) is 9. The van der Waals surface area contributed by atoms with E-state index in [1.54, 1.807) is 21.3 Å². The zero-order valence-electron chi connectivity index (χ0n) is 20.3. The molecule has 2 aliphatic heterocycles. The van der Waals surface area contributed by atoms with Gasteiger partial charge in [0.15, 0.2) is 11.9 Å². The Hall–Kier alpha value is -1.10. The summed E-state index contributed by atoms with van der Waals surface area (Å²) in [5.74, 6) is -0.752. The maximum atomic E-state index is 13.4. The molecule has 9 nitrogen and oxygen atoms in total. The molecule has 9 heteroatoms. The van der Waals surface area contributed by atoms with E-state index in [4.69, 9.17) is 33.2 Å². The Kier molecular flexibility index (Phi) is 5.70. The van der Waals surface area contributed by atoms with Crippen LogP contribution in [0.1, 0.15) is 33.6 Å². The van der Waals surface area contributed by atoms with Crippen LogP contribution in [0.15, 0.2) is 0 Å². The molecule has 33 heavy (non-hydrogen) atoms. The third-order valence-electron chi connectivity index (χ3n) is 9.60. The van der Waals surface area contributed by atoms with Crippen molar-refractivity contribution >= 4 is 11.8 Å². The molecule has 1 spiro atoms. The molecule has 186 valence electrons. The van der Waals surface area contributed by atoms with Crippen molar-refractivity contribution in [1.82, 2.24) is 0 Å². The summed E-state index contributed by atoms with van der Waals surface area (Å²) in [7, 11) is 4.75. The van der Waals surface area contributed by atoms with Gasteiger partial charge < -0.3 is 33.2 Å². The molecule has 0 radical (unpaired) electrons. The van der Waals surface area contributed by atoms with E-state index >= 15 is 0 Å². The molecule has 11 atom stereocenters. The molecular formula is C24H36O9. The van der Waals surface area contributed by atoms with Crippen molar-refractivity contribution in [2.24, 2.45) is 34.5 Å². The molecular weight excluding hydrogens is 432 g/mol. The van der Waals surface area contributed by atoms with E-state index in [2.05, 4.69) is 13.8 Å². The molecule has 2 saturated heterocycles. The van der Waals surface area contributed by atoms with Crippen LogP contribution in [0.5, 0.6) is 0 Å². The van der Waals surface area contributed by atoms with Crippen molar-refractivity contribution in [2.45, 2.75) is 63.6 Å². The molecule has 2 heterocycles. The van der Waals surface area contributed by atoms with Gasteiger partial charge in [-0.15, -0.1) is 0 Å². The largest absolute Gasteiger partial charge is 0.456 e. The lowest BCUT2D eigenvalue weighted by atomic mass is 9.38. The number of ketones is 1. The second kappa shape index (κ2) is 7.96. The lowest BCUT2D eigenvalue weighted by Crippen LogP contribution is -2.74. The van der Waals surface area contributed by atoms with Gasteiger partial charge in [-0.2, -0.15) is 0 Å². The molecule has 0 amide bonds. The van der Waals surface area contributed by atoms with Crippen LogP contribution in [0.25, 0.3) is 0 Å². The van der Waals surface area contributed by atoms with Crippen molar-refractivity contribution in [1.29, 1.82) is 0 Å². The van der Waals surface area contributed by atoms with Gasteiger partial charge in [0.1, 0.15) is 31.4 Å². The number of ether oxygens (including phenoxy) is 7. The van der Waals surface area contributed by atoms with Gasteiger partial charge in [-0.05, 0) is 25.2 Å². The molecule has 5 rings (SSSR count). The van der Waals surface area contributed by atoms with Crippen LogP contribution in [-0.2, 0) is 42.7 Å². The second-order valence-corrected chi connectivity index (χ2v) is 10.9. The summed E-state index contributed by atoms with van der Waals surface area (Å²) in [4.78, 5) is 26.7. The maximum Gasteiger partial charge on any atom is 0.313 e. The molecule has 3 saturated carbocycles. The van der Waals surface area contributed by atoms with E-state index in [1.807, 2.05) is 6.92 Å². The number of Topliss-reactive ketones (excluding diaryl/α,β-unsaturated/α-hetero) is 1. The zero-order valence-corrected chi connectivity index (χ0v) is 20.3. The van der Waals surface area contributed by atoms with Crippen molar-refractivity contribution in [2.75, 3.05) is 41.5 Å². The average molecular weight is 469 g/mol. The van der Waals surface area contributed by atoms with Gasteiger partial charge in [0, 0.05) is 44.5 Å². The number of fused-ring (bicyclic) bond motifs is 2. The Morgan fingerprint density at radius 2 is 1.76 bits per heavy atom. The lowest BCUT2D eigenvalue weighted by Gasteiger charge is -2.66. The van der Waals surface area contributed by atoms with E-state index in [-0.39, 0.29) is 49.2 Å². The first-order valence-electron chi connectivity index (χ1n) is 11.8. The number of carbonyl (C=O) groups is 2. The van der Waals surface area contributed by atoms with Gasteiger partial charge >= 0.3 is 5.97 Å². The molecule has 0 N–H and O–H groups in total. The monoisotopic (exact) mass is 468 g/mol. The highest BCUT2D eigenvalue weighted by Gasteiger charge is 2.84. The number of hydrogen-bond donors (Lipinski definition) is 0. The van der Waals surface area contributed by atoms with Crippen molar-refractivity contribution in [3.05, 3.63) is 0 Å². The maximum absolute atomic E-state index is 13.4. The van der Waals surface area contributed by atoms with E-state index in [0.29, 0.717) is 19.4 Å². The third-order valence-corrected chi connectivity index (χ3v) is 9.60. The van der Waals surface area contributed by atoms with E-state index in [9.17, 15) is 9.59 Å². The molecule has 5 aliphatic rings. The van der Waals surface area contributed by atoms with Gasteiger partial charge in [-0.1, -0.05) is 13.8 Å². The van der Waals surface area contributed by atoms with E-state index in [0.717, 1.165) is 0 Å². The van der Waals surface area contributed by atoms with Gasteiger partial charge in [-0.3, -0.25) is 9.59 Å². The van der Waals surface area contributed by atoms with Crippen LogP contribution in [0, 0.1) is 34.5 Å². The fourth-order valence-corrected chi connectivity index (χ4v) is 8.69. The molecule has 5 fully saturated rings. The molecule has 4 bridgehead atoms. The SMILES string of the molecule is COCO[C@@H]1[C@@H]2[C@@]3(C)[C@H](OC)C(=O)C[C@@H](C)[C@@H]3C[C@H](OCOC)[C@]23CO[C@]2(C)[C@H]1OC(=O)[C@@H]23. The standard InChI is InChI=1S/C24H36O9/c1-12-7-14(25)19(29-6)22(2)13(12)8-15(30-10-27-4)24-9-32-23(3)18(24)21(26)33-20(23)16(17(22)24)31-11-28-5/h12-13,15-20H,7-11H2,1-6H3/t12-,13+,15+,16-,17-,18+,19-,20+,22+,23+,24-/m1/s1. The van der Waals surface area contributed by atoms with E-state index in [1.165, 1.54) is 0 Å². The van der Waals surface area contributed by atoms with Crippen molar-refractivity contribution < 1.29 is 42.7 Å². The number of carbonyl (C=O) groups excluding carboxylic acids is 2. The number of methoxy groups -OCH3 is 3. The van der Waals surface area contributed by atoms with Gasteiger partial charge in [0.2, 0.25) is 0 Å². The second-order valence-electron chi connectivity index (χ2n) is 10.9. The zero-order chi connectivity index (χ0) is 23.8. The van der Waals surface area contributed by atoms with Crippen LogP contribution < -0.4 is 0 Å². The summed E-state index contributed by atoms with van der Waals surface area (Å²) in [5.41, 5.74) is -2.18. The number of rotatable bonds is 7. The fourth-order valence-electron chi connectivity index (χ4n) is 8.69. The van der Waals surface area contributed by atoms with Crippen LogP contribution in [0.2, 0.25) is 0 Å². The first kappa shape index (κ1) is 23.6. The van der Waals surface area contributed by atoms with Crippen LogP contribution in [0.3, 0.4) is 0 Å². The Balaban J connectivity index is 1.73.